The van der Waals surface area contributed by atoms with Crippen molar-refractivity contribution < 1.29 is 0 Å². The molecule has 0 atom stereocenters. The lowest BCUT2D eigenvalue weighted by atomic mass is 9.68. The Morgan fingerprint density at radius 3 is 1.20 bits per heavy atom. The van der Waals surface area contributed by atoms with Crippen LogP contribution < -0.4 is 4.90 Å². The molecule has 0 saturated heterocycles. The summed E-state index contributed by atoms with van der Waals surface area (Å²) in [6.45, 7) is 23.2. The van der Waals surface area contributed by atoms with Gasteiger partial charge in [-0.05, 0) is 126 Å². The summed E-state index contributed by atoms with van der Waals surface area (Å²) in [5.41, 5.74) is 19.3. The van der Waals surface area contributed by atoms with E-state index in [-0.39, 0.29) is 16.2 Å². The first-order chi connectivity index (χ1) is 24.1. The van der Waals surface area contributed by atoms with Crippen LogP contribution in [-0.4, -0.2) is 0 Å². The van der Waals surface area contributed by atoms with Crippen LogP contribution in [0.15, 0.2) is 127 Å². The summed E-state index contributed by atoms with van der Waals surface area (Å²) in [7, 11) is 0. The van der Waals surface area contributed by atoms with Gasteiger partial charge >= 0.3 is 0 Å². The van der Waals surface area contributed by atoms with Crippen molar-refractivity contribution in [3.8, 4) is 22.3 Å². The molecule has 6 aromatic carbocycles. The van der Waals surface area contributed by atoms with Crippen LogP contribution in [0, 0.1) is 6.92 Å². The van der Waals surface area contributed by atoms with Gasteiger partial charge in [-0.2, -0.15) is 0 Å². The van der Waals surface area contributed by atoms with Crippen LogP contribution in [0.25, 0.3) is 22.3 Å². The highest BCUT2D eigenvalue weighted by Gasteiger charge is 2.53. The quantitative estimate of drug-likeness (QED) is 0.182. The molecule has 256 valence electrons. The Bertz CT molecular complexity index is 2220. The van der Waals surface area contributed by atoms with E-state index in [4.69, 9.17) is 0 Å². The highest BCUT2D eigenvalue weighted by atomic mass is 15.1. The van der Waals surface area contributed by atoms with Gasteiger partial charge in [0.2, 0.25) is 0 Å². The van der Waals surface area contributed by atoms with E-state index in [1.165, 1.54) is 72.4 Å². The summed E-state index contributed by atoms with van der Waals surface area (Å²) >= 11 is 0. The predicted octanol–water partition coefficient (Wildman–Crippen LogP) is 13.7. The summed E-state index contributed by atoms with van der Waals surface area (Å²) in [5.74, 6) is 0. The van der Waals surface area contributed by atoms with Crippen molar-refractivity contribution in [2.75, 3.05) is 4.90 Å². The predicted molar refractivity (Wildman–Crippen MR) is 218 cm³/mol. The molecular formula is C50H51N. The molecule has 0 heterocycles. The summed E-state index contributed by atoms with van der Waals surface area (Å²) in [6, 6.07) is 49.0. The molecule has 1 nitrogen and oxygen atoms in total. The second kappa shape index (κ2) is 11.3. The fourth-order valence-corrected chi connectivity index (χ4v) is 8.55. The number of aryl methyl sites for hydroxylation is 1. The Hall–Kier alpha value is -4.88. The molecular weight excluding hydrogens is 615 g/mol. The van der Waals surface area contributed by atoms with Gasteiger partial charge in [-0.1, -0.05) is 153 Å². The van der Waals surface area contributed by atoms with Crippen molar-refractivity contribution in [3.05, 3.63) is 172 Å². The molecule has 0 amide bonds. The minimum atomic E-state index is -0.468. The zero-order chi connectivity index (χ0) is 36.1. The lowest BCUT2D eigenvalue weighted by Crippen LogP contribution is -2.28. The minimum Gasteiger partial charge on any atom is -0.310 e. The van der Waals surface area contributed by atoms with Crippen LogP contribution in [0.1, 0.15) is 107 Å². The fourth-order valence-electron chi connectivity index (χ4n) is 8.55. The van der Waals surface area contributed by atoms with Crippen molar-refractivity contribution in [3.63, 3.8) is 0 Å². The van der Waals surface area contributed by atoms with Crippen molar-refractivity contribution in [1.82, 2.24) is 0 Å². The third-order valence-electron chi connectivity index (χ3n) is 11.4. The molecule has 0 unspecified atom stereocenters. The number of benzene rings is 6. The Kier molecular flexibility index (Phi) is 7.38. The van der Waals surface area contributed by atoms with Gasteiger partial charge in [0.25, 0.3) is 0 Å². The van der Waals surface area contributed by atoms with E-state index >= 15 is 0 Å². The number of fused-ring (bicyclic) bond motifs is 10. The summed E-state index contributed by atoms with van der Waals surface area (Å²) in [4.78, 5) is 2.43. The lowest BCUT2D eigenvalue weighted by molar-refractivity contribution is 0.584. The van der Waals surface area contributed by atoms with E-state index in [1.54, 1.807) is 0 Å². The molecule has 1 heteroatoms. The molecule has 0 aliphatic heterocycles. The maximum atomic E-state index is 2.55. The first-order valence-corrected chi connectivity index (χ1v) is 18.6. The molecule has 0 N–H and O–H groups in total. The van der Waals surface area contributed by atoms with E-state index in [9.17, 15) is 0 Å². The van der Waals surface area contributed by atoms with Gasteiger partial charge in [0.05, 0.1) is 5.41 Å². The van der Waals surface area contributed by atoms with Gasteiger partial charge in [-0.3, -0.25) is 0 Å². The van der Waals surface area contributed by atoms with Crippen molar-refractivity contribution >= 4 is 17.1 Å². The molecule has 0 bridgehead atoms. The molecule has 1 spiro atoms. The molecule has 2 aliphatic rings. The third-order valence-corrected chi connectivity index (χ3v) is 11.4. The van der Waals surface area contributed by atoms with Crippen molar-refractivity contribution in [2.45, 2.75) is 90.9 Å². The van der Waals surface area contributed by atoms with E-state index < -0.39 is 5.41 Å². The standard InChI is InChI=1S/C50H51N/c1-32-15-14-18-37(27-32)51(36-16-12-11-13-17-36)38-22-26-42-41-25-21-35(49(8,9)10)30-45(41)50(46(42)31-38)43-28-33(47(2,3)4)19-23-39(43)40-24-20-34(29-44(40)50)48(5,6)7/h11-31H,1-10H3. The van der Waals surface area contributed by atoms with Crippen LogP contribution in [0.3, 0.4) is 0 Å². The first kappa shape index (κ1) is 33.3. The fraction of sp³-hybridized carbons (Fsp3) is 0.280. The number of para-hydroxylation sites is 1. The SMILES string of the molecule is Cc1cccc(N(c2ccccc2)c2ccc3c(c2)C2(c4cc(C(C)(C)C)ccc4-3)c3cc(C(C)(C)C)ccc3-c3ccc(C(C)(C)C)cc32)c1. The molecule has 0 fully saturated rings. The Balaban J connectivity index is 1.51. The number of hydrogen-bond acceptors (Lipinski definition) is 1. The molecule has 6 aromatic rings. The van der Waals surface area contributed by atoms with Gasteiger partial charge in [0.1, 0.15) is 0 Å². The molecule has 2 aliphatic carbocycles. The smallest absolute Gasteiger partial charge is 0.0726 e. The minimum absolute atomic E-state index is 0.0101. The monoisotopic (exact) mass is 665 g/mol. The summed E-state index contributed by atoms with van der Waals surface area (Å²) in [6.07, 6.45) is 0. The molecule has 8 rings (SSSR count). The highest BCUT2D eigenvalue weighted by molar-refractivity contribution is 5.97. The van der Waals surface area contributed by atoms with E-state index in [0.29, 0.717) is 0 Å². The number of rotatable bonds is 3. The second-order valence-corrected chi connectivity index (χ2v) is 18.0. The van der Waals surface area contributed by atoms with Crippen LogP contribution in [0.5, 0.6) is 0 Å². The molecule has 0 radical (unpaired) electrons. The van der Waals surface area contributed by atoms with Crippen molar-refractivity contribution in [2.24, 2.45) is 0 Å². The zero-order valence-electron chi connectivity index (χ0n) is 32.1. The molecule has 51 heavy (non-hydrogen) atoms. The van der Waals surface area contributed by atoms with Crippen LogP contribution in [0.4, 0.5) is 17.1 Å². The number of anilines is 3. The van der Waals surface area contributed by atoms with Gasteiger partial charge in [-0.25, -0.2) is 0 Å². The van der Waals surface area contributed by atoms with Gasteiger partial charge < -0.3 is 4.90 Å². The van der Waals surface area contributed by atoms with Crippen LogP contribution in [-0.2, 0) is 21.7 Å². The molecule has 0 aromatic heterocycles. The van der Waals surface area contributed by atoms with Crippen molar-refractivity contribution in [1.29, 1.82) is 0 Å². The summed E-state index contributed by atoms with van der Waals surface area (Å²) < 4.78 is 0. The number of hydrogen-bond donors (Lipinski definition) is 0. The van der Waals surface area contributed by atoms with Gasteiger partial charge in [0.15, 0.2) is 0 Å². The normalized spacial score (nSPS) is 14.2. The van der Waals surface area contributed by atoms with Gasteiger partial charge in [0, 0.05) is 17.1 Å². The second-order valence-electron chi connectivity index (χ2n) is 18.0. The zero-order valence-corrected chi connectivity index (χ0v) is 32.1. The topological polar surface area (TPSA) is 3.24 Å². The third kappa shape index (κ3) is 5.19. The average Bonchev–Trinajstić information content (AvgIpc) is 3.53. The maximum absolute atomic E-state index is 2.55. The average molecular weight is 666 g/mol. The largest absolute Gasteiger partial charge is 0.310 e. The lowest BCUT2D eigenvalue weighted by Gasteiger charge is -2.34. The Morgan fingerprint density at radius 2 is 0.765 bits per heavy atom. The Labute approximate surface area is 306 Å². The highest BCUT2D eigenvalue weighted by Crippen LogP contribution is 2.64. The van der Waals surface area contributed by atoms with Crippen LogP contribution in [0.2, 0.25) is 0 Å². The van der Waals surface area contributed by atoms with Crippen LogP contribution >= 0.6 is 0 Å². The van der Waals surface area contributed by atoms with E-state index in [2.05, 4.69) is 202 Å². The van der Waals surface area contributed by atoms with E-state index in [0.717, 1.165) is 11.4 Å². The number of nitrogens with zero attached hydrogens (tertiary/aromatic N) is 1. The first-order valence-electron chi connectivity index (χ1n) is 18.6. The van der Waals surface area contributed by atoms with Gasteiger partial charge in [-0.15, -0.1) is 0 Å². The summed E-state index contributed by atoms with van der Waals surface area (Å²) in [5, 5.41) is 0. The Morgan fingerprint density at radius 1 is 0.373 bits per heavy atom. The maximum Gasteiger partial charge on any atom is 0.0726 e. The molecule has 0 saturated carbocycles. The van der Waals surface area contributed by atoms with E-state index in [1.807, 2.05) is 0 Å².